The van der Waals surface area contributed by atoms with Crippen molar-refractivity contribution in [3.63, 3.8) is 0 Å². The zero-order valence-electron chi connectivity index (χ0n) is 13.6. The Morgan fingerprint density at radius 2 is 1.77 bits per heavy atom. The molecule has 0 saturated heterocycles. The maximum absolute atomic E-state index is 12.8. The second-order valence-electron chi connectivity index (χ2n) is 5.31. The highest BCUT2D eigenvalue weighted by atomic mass is 32.2. The Kier molecular flexibility index (Phi) is 5.59. The summed E-state index contributed by atoms with van der Waals surface area (Å²) < 4.78 is 49.8. The molecule has 9 heteroatoms. The molecule has 1 aromatic heterocycles. The van der Waals surface area contributed by atoms with Crippen molar-refractivity contribution in [3.8, 4) is 17.2 Å². The molecule has 0 atom stereocenters. The van der Waals surface area contributed by atoms with Crippen LogP contribution in [0.4, 0.5) is 4.39 Å². The molecule has 1 N–H and O–H groups in total. The first kappa shape index (κ1) is 18.0. The predicted molar refractivity (Wildman–Crippen MR) is 92.3 cm³/mol. The van der Waals surface area contributed by atoms with Gasteiger partial charge in [0.2, 0.25) is 21.8 Å². The summed E-state index contributed by atoms with van der Waals surface area (Å²) in [5.41, 5.74) is 0.752. The summed E-state index contributed by atoms with van der Waals surface area (Å²) in [5.74, 6) is 0.225. The van der Waals surface area contributed by atoms with E-state index in [4.69, 9.17) is 9.15 Å². The Balaban J connectivity index is 1.49. The van der Waals surface area contributed by atoms with Crippen molar-refractivity contribution in [2.45, 2.75) is 6.54 Å². The van der Waals surface area contributed by atoms with Gasteiger partial charge in [-0.25, -0.2) is 17.5 Å². The van der Waals surface area contributed by atoms with Gasteiger partial charge in [-0.15, -0.1) is 10.2 Å². The minimum absolute atomic E-state index is 0.0694. The van der Waals surface area contributed by atoms with Gasteiger partial charge in [-0.1, -0.05) is 18.2 Å². The fourth-order valence-electron chi connectivity index (χ4n) is 2.07. The van der Waals surface area contributed by atoms with Gasteiger partial charge in [-0.2, -0.15) is 0 Å². The van der Waals surface area contributed by atoms with E-state index in [1.807, 2.05) is 30.3 Å². The second kappa shape index (κ2) is 8.07. The van der Waals surface area contributed by atoms with E-state index in [0.29, 0.717) is 11.6 Å². The molecule has 3 aromatic rings. The van der Waals surface area contributed by atoms with E-state index < -0.39 is 10.0 Å². The fraction of sp³-hybridized carbons (Fsp3) is 0.176. The van der Waals surface area contributed by atoms with Crippen LogP contribution in [0.15, 0.2) is 59.0 Å². The molecule has 0 spiro atoms. The van der Waals surface area contributed by atoms with Crippen LogP contribution < -0.4 is 9.46 Å². The number of hydrogen-bond acceptors (Lipinski definition) is 6. The minimum Gasteiger partial charge on any atom is -0.492 e. The Hall–Kier alpha value is -2.78. The molecule has 2 aromatic carbocycles. The topological polar surface area (TPSA) is 94.3 Å². The third-order valence-corrected chi connectivity index (χ3v) is 4.65. The number of aromatic nitrogens is 2. The van der Waals surface area contributed by atoms with Gasteiger partial charge in [0.15, 0.2) is 0 Å². The Morgan fingerprint density at radius 1 is 1.04 bits per heavy atom. The van der Waals surface area contributed by atoms with Gasteiger partial charge in [-0.05, 0) is 36.4 Å². The van der Waals surface area contributed by atoms with E-state index in [9.17, 15) is 12.8 Å². The molecule has 7 nitrogen and oxygen atoms in total. The van der Waals surface area contributed by atoms with Crippen LogP contribution in [0.5, 0.6) is 5.75 Å². The lowest BCUT2D eigenvalue weighted by Gasteiger charge is -2.07. The first-order valence-corrected chi connectivity index (χ1v) is 9.40. The lowest BCUT2D eigenvalue weighted by molar-refractivity contribution is 0.339. The van der Waals surface area contributed by atoms with Crippen molar-refractivity contribution in [1.82, 2.24) is 14.9 Å². The summed E-state index contributed by atoms with van der Waals surface area (Å²) in [4.78, 5) is 0. The van der Waals surface area contributed by atoms with E-state index in [1.165, 1.54) is 24.3 Å². The number of ether oxygens (including phenoxy) is 1. The molecule has 0 amide bonds. The van der Waals surface area contributed by atoms with Crippen molar-refractivity contribution < 1.29 is 22.0 Å². The molecule has 1 heterocycles. The van der Waals surface area contributed by atoms with E-state index in [-0.39, 0.29) is 30.6 Å². The van der Waals surface area contributed by atoms with Crippen LogP contribution in [0.1, 0.15) is 5.89 Å². The minimum atomic E-state index is -3.59. The smallest absolute Gasteiger partial charge is 0.247 e. The predicted octanol–water partition coefficient (Wildman–Crippen LogP) is 2.37. The fourth-order valence-corrected chi connectivity index (χ4v) is 2.86. The zero-order chi connectivity index (χ0) is 18.4. The molecule has 0 aliphatic rings. The first-order valence-electron chi connectivity index (χ1n) is 7.75. The molecular weight excluding hydrogens is 361 g/mol. The number of rotatable bonds is 8. The van der Waals surface area contributed by atoms with E-state index >= 15 is 0 Å². The number of hydrogen-bond donors (Lipinski definition) is 1. The third-order valence-electron chi connectivity index (χ3n) is 3.37. The maximum atomic E-state index is 12.8. The summed E-state index contributed by atoms with van der Waals surface area (Å²) in [6.07, 6.45) is 0. The SMILES string of the molecule is O=S(=O)(CCOc1ccc(F)cc1)NCc1nnc(-c2ccccc2)o1. The number of nitrogens with zero attached hydrogens (tertiary/aromatic N) is 2. The van der Waals surface area contributed by atoms with Crippen LogP contribution in [0.3, 0.4) is 0 Å². The van der Waals surface area contributed by atoms with Crippen molar-refractivity contribution >= 4 is 10.0 Å². The Labute approximate surface area is 149 Å². The molecule has 0 radical (unpaired) electrons. The maximum Gasteiger partial charge on any atom is 0.247 e. The van der Waals surface area contributed by atoms with Gasteiger partial charge in [-0.3, -0.25) is 0 Å². The van der Waals surface area contributed by atoms with Gasteiger partial charge < -0.3 is 9.15 Å². The highest BCUT2D eigenvalue weighted by Crippen LogP contribution is 2.16. The molecule has 0 unspecified atom stereocenters. The molecule has 26 heavy (non-hydrogen) atoms. The summed E-state index contributed by atoms with van der Waals surface area (Å²) in [5, 5.41) is 7.71. The molecular formula is C17H16FN3O4S. The largest absolute Gasteiger partial charge is 0.492 e. The molecule has 136 valence electrons. The van der Waals surface area contributed by atoms with Gasteiger partial charge >= 0.3 is 0 Å². The van der Waals surface area contributed by atoms with Crippen LogP contribution in [-0.4, -0.2) is 31.0 Å². The van der Waals surface area contributed by atoms with Crippen LogP contribution in [0.2, 0.25) is 0 Å². The van der Waals surface area contributed by atoms with Crippen LogP contribution in [0, 0.1) is 5.82 Å². The highest BCUT2D eigenvalue weighted by Gasteiger charge is 2.14. The number of benzene rings is 2. The van der Waals surface area contributed by atoms with Crippen LogP contribution in [-0.2, 0) is 16.6 Å². The molecule has 0 fully saturated rings. The van der Waals surface area contributed by atoms with Crippen LogP contribution in [0.25, 0.3) is 11.5 Å². The van der Waals surface area contributed by atoms with Crippen molar-refractivity contribution in [2.75, 3.05) is 12.4 Å². The second-order valence-corrected chi connectivity index (χ2v) is 7.24. The first-order chi connectivity index (χ1) is 12.5. The highest BCUT2D eigenvalue weighted by molar-refractivity contribution is 7.89. The average Bonchev–Trinajstić information content (AvgIpc) is 3.12. The molecule has 3 rings (SSSR count). The average molecular weight is 377 g/mol. The van der Waals surface area contributed by atoms with Gasteiger partial charge in [0, 0.05) is 5.56 Å². The summed E-state index contributed by atoms with van der Waals surface area (Å²) in [6.45, 7) is -0.182. The normalized spacial score (nSPS) is 11.4. The number of nitrogens with one attached hydrogen (secondary N) is 1. The van der Waals surface area contributed by atoms with Crippen molar-refractivity contribution in [1.29, 1.82) is 0 Å². The lowest BCUT2D eigenvalue weighted by atomic mass is 10.2. The van der Waals surface area contributed by atoms with Crippen LogP contribution >= 0.6 is 0 Å². The van der Waals surface area contributed by atoms with Crippen molar-refractivity contribution in [3.05, 3.63) is 66.3 Å². The van der Waals surface area contributed by atoms with E-state index in [1.54, 1.807) is 0 Å². The summed E-state index contributed by atoms with van der Waals surface area (Å²) in [7, 11) is -3.59. The lowest BCUT2D eigenvalue weighted by Crippen LogP contribution is -2.28. The Bertz CT molecular complexity index is 944. The number of halogens is 1. The standard InChI is InChI=1S/C17H16FN3O4S/c18-14-6-8-15(9-7-14)24-10-11-26(22,23)19-12-16-20-21-17(25-16)13-4-2-1-3-5-13/h1-9,19H,10-12H2. The molecule has 0 aliphatic heterocycles. The molecule has 0 saturated carbocycles. The number of sulfonamides is 1. The van der Waals surface area contributed by atoms with E-state index in [2.05, 4.69) is 14.9 Å². The molecule has 0 bridgehead atoms. The van der Waals surface area contributed by atoms with Crippen molar-refractivity contribution in [2.24, 2.45) is 0 Å². The monoisotopic (exact) mass is 377 g/mol. The van der Waals surface area contributed by atoms with Gasteiger partial charge in [0.05, 0.1) is 12.3 Å². The molecule has 0 aliphatic carbocycles. The summed E-state index contributed by atoms with van der Waals surface area (Å²) in [6, 6.07) is 14.5. The van der Waals surface area contributed by atoms with E-state index in [0.717, 1.165) is 5.56 Å². The van der Waals surface area contributed by atoms with Gasteiger partial charge in [0.1, 0.15) is 18.2 Å². The zero-order valence-corrected chi connectivity index (χ0v) is 14.4. The Morgan fingerprint density at radius 3 is 2.50 bits per heavy atom. The third kappa shape index (κ3) is 5.11. The summed E-state index contributed by atoms with van der Waals surface area (Å²) >= 11 is 0. The van der Waals surface area contributed by atoms with Gasteiger partial charge in [0.25, 0.3) is 0 Å². The quantitative estimate of drug-likeness (QED) is 0.648.